The first-order valence-corrected chi connectivity index (χ1v) is 10.7. The van der Waals surface area contributed by atoms with E-state index in [2.05, 4.69) is 26.1 Å². The van der Waals surface area contributed by atoms with Crippen molar-refractivity contribution in [3.8, 4) is 5.75 Å². The van der Waals surface area contributed by atoms with E-state index in [4.69, 9.17) is 9.47 Å². The van der Waals surface area contributed by atoms with Crippen LogP contribution in [0.2, 0.25) is 0 Å². The van der Waals surface area contributed by atoms with E-state index in [0.29, 0.717) is 30.1 Å². The van der Waals surface area contributed by atoms with Crippen LogP contribution in [-0.2, 0) is 19.7 Å². The molecule has 172 valence electrons. The number of benzene rings is 2. The average Bonchev–Trinajstić information content (AvgIpc) is 2.77. The van der Waals surface area contributed by atoms with Crippen LogP contribution in [0, 0.1) is 0 Å². The summed E-state index contributed by atoms with van der Waals surface area (Å²) < 4.78 is 10.4. The fraction of sp³-hybridized carbons (Fsp3) is 0.400. The van der Waals surface area contributed by atoms with Gasteiger partial charge in [0.15, 0.2) is 13.2 Å². The van der Waals surface area contributed by atoms with Gasteiger partial charge < -0.3 is 19.7 Å². The number of nitrogens with one attached hydrogen (secondary N) is 1. The van der Waals surface area contributed by atoms with Gasteiger partial charge in [0.25, 0.3) is 11.8 Å². The van der Waals surface area contributed by atoms with Gasteiger partial charge in [-0.15, -0.1) is 0 Å². The van der Waals surface area contributed by atoms with Crippen molar-refractivity contribution in [2.24, 2.45) is 0 Å². The maximum atomic E-state index is 12.3. The highest BCUT2D eigenvalue weighted by Gasteiger charge is 2.15. The summed E-state index contributed by atoms with van der Waals surface area (Å²) in [6.45, 7) is 10.7. The molecule has 0 aromatic heterocycles. The highest BCUT2D eigenvalue weighted by atomic mass is 16.6. The SMILES string of the molecule is CCN(CC)C(=O)c1ccc(NC(=O)COC(=O)COc2ccc(C(C)(C)C)cc2)cc1. The molecule has 0 aliphatic heterocycles. The molecule has 0 aliphatic rings. The maximum Gasteiger partial charge on any atom is 0.344 e. The number of hydrogen-bond donors (Lipinski definition) is 1. The number of amides is 2. The van der Waals surface area contributed by atoms with Crippen LogP contribution >= 0.6 is 0 Å². The van der Waals surface area contributed by atoms with Crippen molar-refractivity contribution in [1.82, 2.24) is 4.90 Å². The molecule has 0 aliphatic carbocycles. The maximum absolute atomic E-state index is 12.3. The van der Waals surface area contributed by atoms with Crippen molar-refractivity contribution in [3.63, 3.8) is 0 Å². The Balaban J connectivity index is 1.76. The Kier molecular flexibility index (Phi) is 8.81. The molecule has 0 spiro atoms. The van der Waals surface area contributed by atoms with Gasteiger partial charge in [0.2, 0.25) is 0 Å². The van der Waals surface area contributed by atoms with Crippen molar-refractivity contribution in [2.45, 2.75) is 40.0 Å². The monoisotopic (exact) mass is 440 g/mol. The summed E-state index contributed by atoms with van der Waals surface area (Å²) in [5, 5.41) is 2.63. The third-order valence-electron chi connectivity index (χ3n) is 4.91. The Morgan fingerprint density at radius 2 is 1.47 bits per heavy atom. The van der Waals surface area contributed by atoms with Gasteiger partial charge in [-0.25, -0.2) is 4.79 Å². The lowest BCUT2D eigenvalue weighted by molar-refractivity contribution is -0.149. The van der Waals surface area contributed by atoms with E-state index in [0.717, 1.165) is 5.56 Å². The molecule has 0 fully saturated rings. The second kappa shape index (κ2) is 11.3. The Morgan fingerprint density at radius 1 is 0.875 bits per heavy atom. The van der Waals surface area contributed by atoms with Crippen LogP contribution in [0.4, 0.5) is 5.69 Å². The summed E-state index contributed by atoms with van der Waals surface area (Å²) in [5.74, 6) is -0.621. The molecule has 0 unspecified atom stereocenters. The van der Waals surface area contributed by atoms with Crippen molar-refractivity contribution in [2.75, 3.05) is 31.6 Å². The fourth-order valence-electron chi connectivity index (χ4n) is 2.97. The minimum Gasteiger partial charge on any atom is -0.482 e. The third kappa shape index (κ3) is 7.41. The zero-order valence-corrected chi connectivity index (χ0v) is 19.4. The van der Waals surface area contributed by atoms with Crippen molar-refractivity contribution >= 4 is 23.5 Å². The summed E-state index contributed by atoms with van der Waals surface area (Å²) >= 11 is 0. The van der Waals surface area contributed by atoms with Gasteiger partial charge in [-0.1, -0.05) is 32.9 Å². The van der Waals surface area contributed by atoms with Crippen molar-refractivity contribution < 1.29 is 23.9 Å². The quantitative estimate of drug-likeness (QED) is 0.595. The van der Waals surface area contributed by atoms with Crippen LogP contribution in [0.25, 0.3) is 0 Å². The summed E-state index contributed by atoms with van der Waals surface area (Å²) in [6, 6.07) is 14.1. The van der Waals surface area contributed by atoms with E-state index >= 15 is 0 Å². The number of hydrogen-bond acceptors (Lipinski definition) is 5. The lowest BCUT2D eigenvalue weighted by atomic mass is 9.87. The van der Waals surface area contributed by atoms with Gasteiger partial charge in [0.05, 0.1) is 0 Å². The highest BCUT2D eigenvalue weighted by Crippen LogP contribution is 2.24. The van der Waals surface area contributed by atoms with Gasteiger partial charge in [0.1, 0.15) is 5.75 Å². The third-order valence-corrected chi connectivity index (χ3v) is 4.91. The molecule has 0 saturated carbocycles. The smallest absolute Gasteiger partial charge is 0.344 e. The fourth-order valence-corrected chi connectivity index (χ4v) is 2.97. The molecule has 7 nitrogen and oxygen atoms in total. The molecule has 0 heterocycles. The molecule has 0 atom stereocenters. The minimum absolute atomic E-state index is 0.0338. The van der Waals surface area contributed by atoms with Crippen LogP contribution in [0.5, 0.6) is 5.75 Å². The van der Waals surface area contributed by atoms with E-state index in [-0.39, 0.29) is 17.9 Å². The summed E-state index contributed by atoms with van der Waals surface area (Å²) in [7, 11) is 0. The number of nitrogens with zero attached hydrogens (tertiary/aromatic N) is 1. The molecule has 2 aromatic carbocycles. The average molecular weight is 441 g/mol. The number of anilines is 1. The van der Waals surface area contributed by atoms with E-state index in [9.17, 15) is 14.4 Å². The lowest BCUT2D eigenvalue weighted by Gasteiger charge is -2.19. The molecule has 0 saturated heterocycles. The topological polar surface area (TPSA) is 84.9 Å². The normalized spacial score (nSPS) is 10.9. The molecule has 7 heteroatoms. The number of carbonyl (C=O) groups excluding carboxylic acids is 3. The van der Waals surface area contributed by atoms with Gasteiger partial charge in [-0.3, -0.25) is 9.59 Å². The zero-order valence-electron chi connectivity index (χ0n) is 19.4. The molecular weight excluding hydrogens is 408 g/mol. The van der Waals surface area contributed by atoms with Gasteiger partial charge in [-0.2, -0.15) is 0 Å². The Bertz CT molecular complexity index is 911. The predicted molar refractivity (Wildman–Crippen MR) is 124 cm³/mol. The number of rotatable bonds is 9. The van der Waals surface area contributed by atoms with Gasteiger partial charge in [-0.05, 0) is 61.2 Å². The van der Waals surface area contributed by atoms with E-state index in [1.165, 1.54) is 0 Å². The molecule has 2 aromatic rings. The van der Waals surface area contributed by atoms with Crippen LogP contribution in [0.15, 0.2) is 48.5 Å². The number of esters is 1. The molecule has 0 bridgehead atoms. The first-order chi connectivity index (χ1) is 15.1. The molecule has 32 heavy (non-hydrogen) atoms. The van der Waals surface area contributed by atoms with Crippen LogP contribution in [0.3, 0.4) is 0 Å². The van der Waals surface area contributed by atoms with E-state index in [1.807, 2.05) is 26.0 Å². The second-order valence-corrected chi connectivity index (χ2v) is 8.33. The number of ether oxygens (including phenoxy) is 2. The van der Waals surface area contributed by atoms with Gasteiger partial charge >= 0.3 is 5.97 Å². The van der Waals surface area contributed by atoms with E-state index < -0.39 is 18.5 Å². The van der Waals surface area contributed by atoms with E-state index in [1.54, 1.807) is 41.3 Å². The Labute approximate surface area is 189 Å². The predicted octanol–water partition coefficient (Wildman–Crippen LogP) is 4.03. The highest BCUT2D eigenvalue weighted by molar-refractivity contribution is 5.96. The molecule has 1 N–H and O–H groups in total. The largest absolute Gasteiger partial charge is 0.482 e. The molecular formula is C25H32N2O5. The standard InChI is InChI=1S/C25H32N2O5/c1-6-27(7-2)24(30)18-8-12-20(13-9-18)26-22(28)16-32-23(29)17-31-21-14-10-19(11-15-21)25(3,4)5/h8-15H,6-7,16-17H2,1-5H3,(H,26,28). The van der Waals surface area contributed by atoms with Crippen LogP contribution in [0.1, 0.15) is 50.5 Å². The molecule has 0 radical (unpaired) electrons. The summed E-state index contributed by atoms with van der Waals surface area (Å²) in [6.07, 6.45) is 0. The van der Waals surface area contributed by atoms with Crippen LogP contribution in [-0.4, -0.2) is 49.0 Å². The Morgan fingerprint density at radius 3 is 2.00 bits per heavy atom. The first-order valence-electron chi connectivity index (χ1n) is 10.7. The van der Waals surface area contributed by atoms with Gasteiger partial charge in [0, 0.05) is 24.3 Å². The molecule has 2 amide bonds. The summed E-state index contributed by atoms with van der Waals surface area (Å²) in [5.41, 5.74) is 2.25. The lowest BCUT2D eigenvalue weighted by Crippen LogP contribution is -2.30. The van der Waals surface area contributed by atoms with Crippen molar-refractivity contribution in [1.29, 1.82) is 0 Å². The first kappa shape index (κ1) is 24.9. The van der Waals surface area contributed by atoms with Crippen molar-refractivity contribution in [3.05, 3.63) is 59.7 Å². The van der Waals surface area contributed by atoms with Crippen LogP contribution < -0.4 is 10.1 Å². The number of carbonyl (C=O) groups is 3. The second-order valence-electron chi connectivity index (χ2n) is 8.33. The summed E-state index contributed by atoms with van der Waals surface area (Å²) in [4.78, 5) is 37.9. The molecule has 2 rings (SSSR count). The Hall–Kier alpha value is -3.35. The zero-order chi connectivity index (χ0) is 23.7. The minimum atomic E-state index is -0.639.